The number of aromatic nitrogens is 3. The number of rotatable bonds is 5. The highest BCUT2D eigenvalue weighted by Crippen LogP contribution is 2.38. The highest BCUT2D eigenvalue weighted by Gasteiger charge is 2.34. The van der Waals surface area contributed by atoms with E-state index in [2.05, 4.69) is 19.9 Å². The summed E-state index contributed by atoms with van der Waals surface area (Å²) in [6.07, 6.45) is 0.306. The number of alkyl halides is 3. The highest BCUT2D eigenvalue weighted by molar-refractivity contribution is 6.01. The number of Topliss-reactive ketones (excluding diaryl/α,β-unsaturated/α-hetero) is 1. The van der Waals surface area contributed by atoms with Crippen molar-refractivity contribution in [3.8, 4) is 11.3 Å². The molecular formula is C23H24F3N7O. The molecule has 0 bridgehead atoms. The van der Waals surface area contributed by atoms with Crippen LogP contribution in [0.15, 0.2) is 42.7 Å². The number of benzene rings is 1. The molecule has 1 atom stereocenters. The largest absolute Gasteiger partial charge is 0.417 e. The highest BCUT2D eigenvalue weighted by atomic mass is 19.4. The van der Waals surface area contributed by atoms with Gasteiger partial charge in [-0.15, -0.1) is 0 Å². The van der Waals surface area contributed by atoms with E-state index in [4.69, 9.17) is 17.2 Å². The molecule has 0 amide bonds. The standard InChI is InChI=1S/C23H24F3N7O/c24-23(25,26)16-6-2-1-5-15(16)19-21(28)32-22(29)20(31-19)18(34)10-13-11-30-8-7-17(13)33-9-3-4-14(27)12-33/h1-2,5-8,11,14H,3-4,9-10,12,27H2,(H4,28,29,32). The van der Waals surface area contributed by atoms with Gasteiger partial charge in [-0.1, -0.05) is 18.2 Å². The fraction of sp³-hybridized carbons (Fsp3) is 0.304. The fourth-order valence-electron chi connectivity index (χ4n) is 4.15. The zero-order valence-corrected chi connectivity index (χ0v) is 18.2. The third kappa shape index (κ3) is 4.79. The van der Waals surface area contributed by atoms with Crippen LogP contribution in [0.4, 0.5) is 30.5 Å². The Hall–Kier alpha value is -3.73. The Bertz CT molecular complexity index is 1220. The number of hydrogen-bond acceptors (Lipinski definition) is 8. The summed E-state index contributed by atoms with van der Waals surface area (Å²) < 4.78 is 40.6. The summed E-state index contributed by atoms with van der Waals surface area (Å²) in [7, 11) is 0. The van der Waals surface area contributed by atoms with Gasteiger partial charge in [0.15, 0.2) is 17.4 Å². The minimum atomic E-state index is -4.64. The number of piperidine rings is 1. The smallest absolute Gasteiger partial charge is 0.382 e. The molecule has 1 aliphatic heterocycles. The number of nitrogens with two attached hydrogens (primary N) is 3. The van der Waals surface area contributed by atoms with Crippen LogP contribution in [0.25, 0.3) is 11.3 Å². The molecule has 3 aromatic rings. The number of carbonyl (C=O) groups excluding carboxylic acids is 1. The van der Waals surface area contributed by atoms with Crippen molar-refractivity contribution < 1.29 is 18.0 Å². The van der Waals surface area contributed by atoms with Crippen LogP contribution in [0.1, 0.15) is 34.5 Å². The van der Waals surface area contributed by atoms with E-state index in [-0.39, 0.29) is 41.0 Å². The van der Waals surface area contributed by atoms with E-state index < -0.39 is 17.5 Å². The normalized spacial score (nSPS) is 16.5. The molecule has 0 spiro atoms. The number of halogens is 3. The Labute approximate surface area is 194 Å². The van der Waals surface area contributed by atoms with E-state index in [9.17, 15) is 18.0 Å². The maximum atomic E-state index is 13.5. The van der Waals surface area contributed by atoms with Crippen molar-refractivity contribution in [1.29, 1.82) is 0 Å². The third-order valence-corrected chi connectivity index (χ3v) is 5.73. The van der Waals surface area contributed by atoms with Crippen molar-refractivity contribution in [3.05, 3.63) is 59.5 Å². The van der Waals surface area contributed by atoms with Crippen molar-refractivity contribution in [2.24, 2.45) is 5.73 Å². The first-order valence-corrected chi connectivity index (χ1v) is 10.7. The van der Waals surface area contributed by atoms with Gasteiger partial charge in [-0.25, -0.2) is 9.97 Å². The fourth-order valence-corrected chi connectivity index (χ4v) is 4.15. The zero-order chi connectivity index (χ0) is 24.5. The Morgan fingerprint density at radius 3 is 2.62 bits per heavy atom. The van der Waals surface area contributed by atoms with Crippen LogP contribution >= 0.6 is 0 Å². The summed E-state index contributed by atoms with van der Waals surface area (Å²) >= 11 is 0. The molecule has 1 fully saturated rings. The number of ketones is 1. The van der Waals surface area contributed by atoms with Crippen molar-refractivity contribution in [2.75, 3.05) is 29.5 Å². The minimum Gasteiger partial charge on any atom is -0.382 e. The molecule has 8 nitrogen and oxygen atoms in total. The summed E-state index contributed by atoms with van der Waals surface area (Å²) in [6, 6.07) is 6.67. The van der Waals surface area contributed by atoms with Gasteiger partial charge in [-0.2, -0.15) is 13.2 Å². The Morgan fingerprint density at radius 1 is 1.12 bits per heavy atom. The molecule has 1 unspecified atom stereocenters. The summed E-state index contributed by atoms with van der Waals surface area (Å²) in [5.41, 5.74) is 17.6. The van der Waals surface area contributed by atoms with E-state index >= 15 is 0 Å². The first-order chi connectivity index (χ1) is 16.1. The van der Waals surface area contributed by atoms with Crippen molar-refractivity contribution in [1.82, 2.24) is 15.0 Å². The van der Waals surface area contributed by atoms with Crippen LogP contribution in [0.5, 0.6) is 0 Å². The summed E-state index contributed by atoms with van der Waals surface area (Å²) in [5, 5.41) is 0. The van der Waals surface area contributed by atoms with Gasteiger partial charge in [-0.3, -0.25) is 9.78 Å². The van der Waals surface area contributed by atoms with E-state index in [1.807, 2.05) is 6.07 Å². The number of nitrogens with zero attached hydrogens (tertiary/aromatic N) is 4. The van der Waals surface area contributed by atoms with Gasteiger partial charge < -0.3 is 22.1 Å². The molecule has 2 aromatic heterocycles. The monoisotopic (exact) mass is 471 g/mol. The van der Waals surface area contributed by atoms with Gasteiger partial charge in [0.05, 0.1) is 5.56 Å². The van der Waals surface area contributed by atoms with Crippen LogP contribution in [-0.4, -0.2) is 39.9 Å². The second kappa shape index (κ2) is 9.26. The lowest BCUT2D eigenvalue weighted by atomic mass is 10.0. The van der Waals surface area contributed by atoms with Gasteiger partial charge in [0.25, 0.3) is 0 Å². The van der Waals surface area contributed by atoms with E-state index in [1.54, 1.807) is 12.4 Å². The minimum absolute atomic E-state index is 0.0281. The van der Waals surface area contributed by atoms with Gasteiger partial charge >= 0.3 is 6.18 Å². The van der Waals surface area contributed by atoms with E-state index in [0.29, 0.717) is 12.1 Å². The average molecular weight is 471 g/mol. The number of anilines is 3. The Balaban J connectivity index is 1.69. The Morgan fingerprint density at radius 2 is 1.88 bits per heavy atom. The Kier molecular flexibility index (Phi) is 6.38. The van der Waals surface area contributed by atoms with Crippen LogP contribution < -0.4 is 22.1 Å². The topological polar surface area (TPSA) is 137 Å². The molecular weight excluding hydrogens is 447 g/mol. The second-order valence-electron chi connectivity index (χ2n) is 8.19. The molecule has 6 N–H and O–H groups in total. The molecule has 178 valence electrons. The number of nitrogen functional groups attached to an aromatic ring is 2. The summed E-state index contributed by atoms with van der Waals surface area (Å²) in [5.74, 6) is -1.05. The lowest BCUT2D eigenvalue weighted by Gasteiger charge is -2.33. The molecule has 1 aromatic carbocycles. The predicted octanol–water partition coefficient (Wildman–Crippen LogP) is 3.07. The van der Waals surface area contributed by atoms with Crippen LogP contribution in [-0.2, 0) is 12.6 Å². The van der Waals surface area contributed by atoms with Gasteiger partial charge in [-0.05, 0) is 25.0 Å². The summed E-state index contributed by atoms with van der Waals surface area (Å²) in [4.78, 5) is 27.5. The maximum Gasteiger partial charge on any atom is 0.417 e. The van der Waals surface area contributed by atoms with Crippen molar-refractivity contribution >= 4 is 23.1 Å². The number of pyridine rings is 1. The van der Waals surface area contributed by atoms with Gasteiger partial charge in [0.2, 0.25) is 0 Å². The molecule has 34 heavy (non-hydrogen) atoms. The first-order valence-electron chi connectivity index (χ1n) is 10.7. The van der Waals surface area contributed by atoms with Crippen molar-refractivity contribution in [3.63, 3.8) is 0 Å². The predicted molar refractivity (Wildman–Crippen MR) is 123 cm³/mol. The molecule has 0 saturated carbocycles. The molecule has 1 aliphatic rings. The lowest BCUT2D eigenvalue weighted by molar-refractivity contribution is -0.137. The maximum absolute atomic E-state index is 13.5. The average Bonchev–Trinajstić information content (AvgIpc) is 2.79. The quantitative estimate of drug-likeness (QED) is 0.483. The molecule has 1 saturated heterocycles. The lowest BCUT2D eigenvalue weighted by Crippen LogP contribution is -2.43. The number of carbonyl (C=O) groups is 1. The van der Waals surface area contributed by atoms with E-state index in [1.165, 1.54) is 18.2 Å². The molecule has 0 aliphatic carbocycles. The zero-order valence-electron chi connectivity index (χ0n) is 18.2. The van der Waals surface area contributed by atoms with Crippen LogP contribution in [0.2, 0.25) is 0 Å². The van der Waals surface area contributed by atoms with Gasteiger partial charge in [0, 0.05) is 54.8 Å². The molecule has 4 rings (SSSR count). The van der Waals surface area contributed by atoms with Gasteiger partial charge in [0.1, 0.15) is 11.4 Å². The number of hydrogen-bond donors (Lipinski definition) is 3. The van der Waals surface area contributed by atoms with E-state index in [0.717, 1.165) is 31.1 Å². The second-order valence-corrected chi connectivity index (χ2v) is 8.19. The molecule has 11 heteroatoms. The van der Waals surface area contributed by atoms with Crippen molar-refractivity contribution in [2.45, 2.75) is 31.5 Å². The van der Waals surface area contributed by atoms with Crippen LogP contribution in [0, 0.1) is 0 Å². The first kappa shape index (κ1) is 23.4. The SMILES string of the molecule is Nc1nc(N)c(-c2ccccc2C(F)(F)F)nc1C(=O)Cc1cnccc1N1CCCC(N)C1. The third-order valence-electron chi connectivity index (χ3n) is 5.73. The molecule has 0 radical (unpaired) electrons. The van der Waals surface area contributed by atoms with Crippen LogP contribution in [0.3, 0.4) is 0 Å². The molecule has 3 heterocycles. The summed E-state index contributed by atoms with van der Waals surface area (Å²) in [6.45, 7) is 1.44.